The summed E-state index contributed by atoms with van der Waals surface area (Å²) in [6.07, 6.45) is -10.1. The van der Waals surface area contributed by atoms with Gasteiger partial charge in [0, 0.05) is 19.6 Å². The number of aliphatic hydroxyl groups is 3. The molecule has 0 radical (unpaired) electrons. The maximum Gasteiger partial charge on any atom is 0.187 e. The molecule has 6 rings (SSSR count). The molecule has 2 aliphatic heterocycles. The van der Waals surface area contributed by atoms with Crippen molar-refractivity contribution < 1.29 is 53.2 Å². The Bertz CT molecular complexity index is 1440. The second kappa shape index (κ2) is 15.6. The molecular formula is C38H48O11. The quantitative estimate of drug-likeness (QED) is 0.232. The molecule has 266 valence electrons. The molecule has 1 aliphatic carbocycles. The monoisotopic (exact) mass is 680 g/mol. The highest BCUT2D eigenvalue weighted by atomic mass is 16.8. The second-order valence-electron chi connectivity index (χ2n) is 13.5. The number of hydrogen-bond donors (Lipinski definition) is 3. The Hall–Kier alpha value is -2.78. The Kier molecular flexibility index (Phi) is 11.5. The molecule has 3 fully saturated rings. The number of methoxy groups -OCH3 is 2. The second-order valence-corrected chi connectivity index (χ2v) is 13.5. The molecule has 0 aromatic heterocycles. The van der Waals surface area contributed by atoms with Gasteiger partial charge in [-0.1, -0.05) is 105 Å². The molecule has 11 atom stereocenters. The van der Waals surface area contributed by atoms with Crippen molar-refractivity contribution in [1.29, 1.82) is 0 Å². The van der Waals surface area contributed by atoms with E-state index < -0.39 is 72.4 Å². The van der Waals surface area contributed by atoms with E-state index in [1.165, 1.54) is 7.11 Å². The molecule has 11 heteroatoms. The van der Waals surface area contributed by atoms with Crippen LogP contribution in [0.25, 0.3) is 0 Å². The number of benzene rings is 3. The summed E-state index contributed by atoms with van der Waals surface area (Å²) in [7, 11) is 2.94. The van der Waals surface area contributed by atoms with Crippen LogP contribution in [-0.4, -0.2) is 103 Å². The van der Waals surface area contributed by atoms with Gasteiger partial charge >= 0.3 is 0 Å². The molecule has 3 N–H and O–H groups in total. The van der Waals surface area contributed by atoms with Crippen molar-refractivity contribution in [2.45, 2.75) is 101 Å². The summed E-state index contributed by atoms with van der Waals surface area (Å²) in [4.78, 5) is 0. The molecule has 3 aromatic rings. The summed E-state index contributed by atoms with van der Waals surface area (Å²) < 4.78 is 50.1. The first-order chi connectivity index (χ1) is 23.7. The van der Waals surface area contributed by atoms with Crippen LogP contribution in [0.4, 0.5) is 0 Å². The van der Waals surface area contributed by atoms with Crippen LogP contribution in [0.15, 0.2) is 91.0 Å². The van der Waals surface area contributed by atoms with Crippen LogP contribution in [-0.2, 0) is 57.7 Å². The highest BCUT2D eigenvalue weighted by Crippen LogP contribution is 2.57. The highest BCUT2D eigenvalue weighted by molar-refractivity contribution is 5.24. The van der Waals surface area contributed by atoms with Gasteiger partial charge in [0.1, 0.15) is 48.3 Å². The summed E-state index contributed by atoms with van der Waals surface area (Å²) in [5.41, 5.74) is 0.191. The lowest BCUT2D eigenvalue weighted by Gasteiger charge is -2.67. The highest BCUT2D eigenvalue weighted by Gasteiger charge is 2.75. The fourth-order valence-corrected chi connectivity index (χ4v) is 7.18. The van der Waals surface area contributed by atoms with Gasteiger partial charge in [0.15, 0.2) is 12.6 Å². The van der Waals surface area contributed by atoms with Crippen molar-refractivity contribution in [3.05, 3.63) is 108 Å². The SMILES string of the molecule is CO[C@H]1O[C@H](COCc2ccccc2)[C@@H](O[C@@H]2O[C@H]3C(O)C(C)(C)[C@]3(O)[C@H](OC)[C@H]2O)[C@H](OCc2ccccc2)[C@H]1OCc1ccccc1. The molecule has 2 heterocycles. The van der Waals surface area contributed by atoms with E-state index in [4.69, 9.17) is 37.9 Å². The molecule has 49 heavy (non-hydrogen) atoms. The summed E-state index contributed by atoms with van der Waals surface area (Å²) in [6.45, 7) is 4.27. The van der Waals surface area contributed by atoms with Crippen LogP contribution in [0.1, 0.15) is 30.5 Å². The zero-order valence-corrected chi connectivity index (χ0v) is 28.4. The Morgan fingerprint density at radius 3 is 1.71 bits per heavy atom. The molecular weight excluding hydrogens is 632 g/mol. The summed E-state index contributed by atoms with van der Waals surface area (Å²) in [6, 6.07) is 29.2. The van der Waals surface area contributed by atoms with Gasteiger partial charge in [-0.2, -0.15) is 0 Å². The lowest BCUT2D eigenvalue weighted by molar-refractivity contribution is -0.436. The Balaban J connectivity index is 1.31. The lowest BCUT2D eigenvalue weighted by Crippen LogP contribution is -2.85. The molecule has 0 bridgehead atoms. The Morgan fingerprint density at radius 1 is 0.653 bits per heavy atom. The van der Waals surface area contributed by atoms with Gasteiger partial charge in [-0.15, -0.1) is 0 Å². The van der Waals surface area contributed by atoms with Crippen LogP contribution in [0, 0.1) is 5.41 Å². The average molecular weight is 681 g/mol. The van der Waals surface area contributed by atoms with Crippen molar-refractivity contribution in [2.75, 3.05) is 20.8 Å². The molecule has 3 aromatic carbocycles. The third kappa shape index (κ3) is 7.21. The van der Waals surface area contributed by atoms with Gasteiger partial charge in [0.25, 0.3) is 0 Å². The maximum absolute atomic E-state index is 11.7. The minimum atomic E-state index is -1.66. The van der Waals surface area contributed by atoms with Crippen LogP contribution in [0.3, 0.4) is 0 Å². The minimum Gasteiger partial charge on any atom is -0.390 e. The third-order valence-corrected chi connectivity index (χ3v) is 10.1. The van der Waals surface area contributed by atoms with Gasteiger partial charge in [-0.05, 0) is 16.7 Å². The Morgan fingerprint density at radius 2 is 1.18 bits per heavy atom. The van der Waals surface area contributed by atoms with Crippen LogP contribution in [0.2, 0.25) is 0 Å². The van der Waals surface area contributed by atoms with E-state index in [9.17, 15) is 15.3 Å². The third-order valence-electron chi connectivity index (χ3n) is 10.1. The number of aliphatic hydroxyl groups excluding tert-OH is 2. The van der Waals surface area contributed by atoms with E-state index >= 15 is 0 Å². The first-order valence-electron chi connectivity index (χ1n) is 16.7. The number of fused-ring (bicyclic) bond motifs is 1. The van der Waals surface area contributed by atoms with Gasteiger partial charge < -0.3 is 53.2 Å². The number of ether oxygens (including phenoxy) is 8. The number of hydrogen-bond acceptors (Lipinski definition) is 11. The average Bonchev–Trinajstić information content (AvgIpc) is 3.13. The zero-order chi connectivity index (χ0) is 34.6. The van der Waals surface area contributed by atoms with Crippen molar-refractivity contribution in [3.63, 3.8) is 0 Å². The van der Waals surface area contributed by atoms with Crippen LogP contribution < -0.4 is 0 Å². The molecule has 2 saturated heterocycles. The summed E-state index contributed by atoms with van der Waals surface area (Å²) in [5, 5.41) is 34.3. The smallest absolute Gasteiger partial charge is 0.187 e. The molecule has 1 unspecified atom stereocenters. The van der Waals surface area contributed by atoms with Crippen molar-refractivity contribution >= 4 is 0 Å². The number of rotatable bonds is 14. The topological polar surface area (TPSA) is 135 Å². The molecule has 11 nitrogen and oxygen atoms in total. The van der Waals surface area contributed by atoms with Crippen molar-refractivity contribution in [1.82, 2.24) is 0 Å². The predicted octanol–water partition coefficient (Wildman–Crippen LogP) is 3.36. The normalized spacial score (nSPS) is 35.3. The van der Waals surface area contributed by atoms with Gasteiger partial charge in [0.2, 0.25) is 0 Å². The molecule has 1 saturated carbocycles. The van der Waals surface area contributed by atoms with Crippen LogP contribution >= 0.6 is 0 Å². The largest absolute Gasteiger partial charge is 0.390 e. The zero-order valence-electron chi connectivity index (χ0n) is 28.4. The van der Waals surface area contributed by atoms with E-state index in [-0.39, 0.29) is 19.8 Å². The standard InChI is InChI=1S/C38H48O11/c1-37(2)32(40)34-38(37,41)33(42-3)28(39)35(49-34)48-29-27(23-44-20-24-14-8-5-9-15-24)47-36(43-4)31(46-22-26-18-12-7-13-19-26)30(29)45-21-25-16-10-6-11-17-25/h5-19,27-36,39-41H,20-23H2,1-4H3/t27-,28-,29-,30+,31-,32?,33-,34+,35-,36+,38+/m1/s1. The van der Waals surface area contributed by atoms with Gasteiger partial charge in [-0.25, -0.2) is 0 Å². The fourth-order valence-electron chi connectivity index (χ4n) is 7.18. The predicted molar refractivity (Wildman–Crippen MR) is 177 cm³/mol. The van der Waals surface area contributed by atoms with Crippen molar-refractivity contribution in [3.8, 4) is 0 Å². The first-order valence-corrected chi connectivity index (χ1v) is 16.7. The lowest BCUT2D eigenvalue weighted by atomic mass is 9.50. The molecule has 0 amide bonds. The minimum absolute atomic E-state index is 0.0789. The summed E-state index contributed by atoms with van der Waals surface area (Å²) >= 11 is 0. The van der Waals surface area contributed by atoms with E-state index in [2.05, 4.69) is 0 Å². The van der Waals surface area contributed by atoms with E-state index in [0.29, 0.717) is 6.61 Å². The van der Waals surface area contributed by atoms with E-state index in [1.807, 2.05) is 91.0 Å². The fraction of sp³-hybridized carbons (Fsp3) is 0.526. The van der Waals surface area contributed by atoms with Crippen LogP contribution in [0.5, 0.6) is 0 Å². The van der Waals surface area contributed by atoms with Gasteiger partial charge in [0.05, 0.1) is 32.5 Å². The van der Waals surface area contributed by atoms with Crippen molar-refractivity contribution in [2.24, 2.45) is 5.41 Å². The first kappa shape index (κ1) is 36.0. The van der Waals surface area contributed by atoms with E-state index in [1.54, 1.807) is 21.0 Å². The van der Waals surface area contributed by atoms with Gasteiger partial charge in [-0.3, -0.25) is 0 Å². The molecule has 0 spiro atoms. The maximum atomic E-state index is 11.7. The molecule has 3 aliphatic rings. The Labute approximate surface area is 287 Å². The van der Waals surface area contributed by atoms with E-state index in [0.717, 1.165) is 16.7 Å². The summed E-state index contributed by atoms with van der Waals surface area (Å²) in [5.74, 6) is 0.